The van der Waals surface area contributed by atoms with Gasteiger partial charge in [-0.3, -0.25) is 5.32 Å². The van der Waals surface area contributed by atoms with Crippen molar-refractivity contribution in [3.63, 3.8) is 0 Å². The molecule has 23 heavy (non-hydrogen) atoms. The Hall–Kier alpha value is -1.96. The van der Waals surface area contributed by atoms with Crippen LogP contribution in [0.1, 0.15) is 0 Å². The highest BCUT2D eigenvalue weighted by molar-refractivity contribution is 7.94. The lowest BCUT2D eigenvalue weighted by atomic mass is 10.3. The number of nitrogens with one attached hydrogen (secondary N) is 1. The average Bonchev–Trinajstić information content (AvgIpc) is 2.47. The second-order valence-electron chi connectivity index (χ2n) is 4.48. The van der Waals surface area contributed by atoms with Gasteiger partial charge in [0, 0.05) is 16.2 Å². The minimum Gasteiger partial charge on any atom is -0.410 e. The van der Waals surface area contributed by atoms with E-state index in [2.05, 4.69) is 9.68 Å². The van der Waals surface area contributed by atoms with Crippen LogP contribution in [0.15, 0.2) is 63.9 Å². The summed E-state index contributed by atoms with van der Waals surface area (Å²) in [5.41, 5.74) is 0. The third-order valence-corrected chi connectivity index (χ3v) is 4.91. The van der Waals surface area contributed by atoms with E-state index in [0.717, 1.165) is 0 Å². The van der Waals surface area contributed by atoms with Gasteiger partial charge < -0.3 is 4.74 Å². The first-order chi connectivity index (χ1) is 10.9. The summed E-state index contributed by atoms with van der Waals surface area (Å²) in [5, 5.41) is 2.57. The Balaban J connectivity index is 2.06. The van der Waals surface area contributed by atoms with Gasteiger partial charge in [0.25, 0.3) is 0 Å². The number of carbonyl (C=O) groups excluding carboxylic acids is 1. The van der Waals surface area contributed by atoms with E-state index < -0.39 is 15.8 Å². The Kier molecular flexibility index (Phi) is 5.70. The van der Waals surface area contributed by atoms with Gasteiger partial charge in [0.05, 0.1) is 9.73 Å². The van der Waals surface area contributed by atoms with Crippen LogP contribution >= 0.6 is 23.8 Å². The smallest absolute Gasteiger partial charge is 0.410 e. The molecule has 2 aromatic rings. The van der Waals surface area contributed by atoms with Gasteiger partial charge in [-0.25, -0.2) is 9.00 Å². The lowest BCUT2D eigenvalue weighted by Gasteiger charge is -2.07. The molecule has 1 atom stereocenters. The molecular formula is C15H13ClN2O3S2. The van der Waals surface area contributed by atoms with Gasteiger partial charge in [-0.05, 0) is 48.6 Å². The van der Waals surface area contributed by atoms with Crippen LogP contribution in [0, 0.1) is 0 Å². The molecule has 8 heteroatoms. The third kappa shape index (κ3) is 5.31. The molecule has 1 N–H and O–H groups in total. The Morgan fingerprint density at radius 1 is 1.17 bits per heavy atom. The van der Waals surface area contributed by atoms with Crippen LogP contribution in [-0.2, 0) is 9.73 Å². The maximum atomic E-state index is 12.6. The van der Waals surface area contributed by atoms with E-state index in [4.69, 9.17) is 28.6 Å². The van der Waals surface area contributed by atoms with Gasteiger partial charge in [0.1, 0.15) is 5.75 Å². The molecule has 5 nitrogen and oxygen atoms in total. The fourth-order valence-corrected chi connectivity index (χ4v) is 3.37. The van der Waals surface area contributed by atoms with Crippen molar-refractivity contribution in [2.45, 2.75) is 4.90 Å². The van der Waals surface area contributed by atoms with Crippen LogP contribution in [0.5, 0.6) is 5.75 Å². The normalized spacial score (nSPS) is 12.8. The maximum Gasteiger partial charge on any atom is 0.418 e. The van der Waals surface area contributed by atoms with Crippen molar-refractivity contribution >= 4 is 44.8 Å². The van der Waals surface area contributed by atoms with Crippen LogP contribution in [0.2, 0.25) is 5.02 Å². The van der Waals surface area contributed by atoms with E-state index in [1.807, 2.05) is 0 Å². The zero-order valence-corrected chi connectivity index (χ0v) is 14.5. The molecule has 0 aliphatic carbocycles. The summed E-state index contributed by atoms with van der Waals surface area (Å²) in [6.45, 7) is 0. The number of hydrogen-bond acceptors (Lipinski definition) is 4. The molecule has 2 aromatic carbocycles. The molecule has 1 amide bonds. The summed E-state index contributed by atoms with van der Waals surface area (Å²) in [6, 6.07) is 14.9. The Morgan fingerprint density at radius 2 is 1.78 bits per heavy atom. The van der Waals surface area contributed by atoms with Crippen molar-refractivity contribution in [1.82, 2.24) is 5.32 Å². The molecule has 0 aromatic heterocycles. The molecule has 0 bridgehead atoms. The largest absolute Gasteiger partial charge is 0.418 e. The number of thiocarbonyl (C=S) groups is 1. The molecule has 0 heterocycles. The van der Waals surface area contributed by atoms with Crippen molar-refractivity contribution < 1.29 is 13.7 Å². The molecule has 0 aliphatic rings. The summed E-state index contributed by atoms with van der Waals surface area (Å²) in [4.78, 5) is 12.2. The number of nitrogens with zero attached hydrogens (tertiary/aromatic N) is 1. The molecule has 0 spiro atoms. The number of para-hydroxylation sites is 1. The fourth-order valence-electron chi connectivity index (χ4n) is 1.63. The summed E-state index contributed by atoms with van der Waals surface area (Å²) in [5.74, 6) is 0.364. The standard InChI is InChI=1S/C15H13ClN2O3S2/c1-23(20,13-9-7-11(16)8-10-13)18-14(22)17-15(19)21-12-5-3-2-4-6-12/h2-10H,1H3,(H,17,19,22)/t23-/m0/s1. The van der Waals surface area contributed by atoms with Gasteiger partial charge in [-0.15, -0.1) is 0 Å². The van der Waals surface area contributed by atoms with Gasteiger partial charge in [-0.1, -0.05) is 29.8 Å². The Labute approximate surface area is 144 Å². The highest BCUT2D eigenvalue weighted by Crippen LogP contribution is 2.16. The SMILES string of the molecule is C[S@@](=O)(=NC(=S)NC(=O)Oc1ccccc1)c1ccc(Cl)cc1. The second kappa shape index (κ2) is 7.54. The van der Waals surface area contributed by atoms with Crippen LogP contribution in [0.4, 0.5) is 4.79 Å². The quantitative estimate of drug-likeness (QED) is 0.817. The van der Waals surface area contributed by atoms with Crippen LogP contribution in [-0.4, -0.2) is 21.7 Å². The van der Waals surface area contributed by atoms with Crippen molar-refractivity contribution in [3.8, 4) is 5.75 Å². The van der Waals surface area contributed by atoms with Crippen molar-refractivity contribution in [2.24, 2.45) is 4.36 Å². The van der Waals surface area contributed by atoms with Gasteiger partial charge >= 0.3 is 6.09 Å². The summed E-state index contributed by atoms with van der Waals surface area (Å²) in [7, 11) is -2.79. The van der Waals surface area contributed by atoms with E-state index in [9.17, 15) is 9.00 Å². The lowest BCUT2D eigenvalue weighted by Crippen LogP contribution is -2.31. The van der Waals surface area contributed by atoms with E-state index in [0.29, 0.717) is 15.7 Å². The molecule has 2 rings (SSSR count). The minimum absolute atomic E-state index is 0.214. The number of halogens is 1. The first-order valence-electron chi connectivity index (χ1n) is 6.42. The van der Waals surface area contributed by atoms with E-state index >= 15 is 0 Å². The number of amides is 1. The molecule has 0 aliphatic heterocycles. The van der Waals surface area contributed by atoms with E-state index in [-0.39, 0.29) is 5.11 Å². The first-order valence-corrected chi connectivity index (χ1v) is 9.13. The monoisotopic (exact) mass is 368 g/mol. The van der Waals surface area contributed by atoms with Gasteiger partial charge in [-0.2, -0.15) is 4.36 Å². The number of rotatable bonds is 2. The Morgan fingerprint density at radius 3 is 2.39 bits per heavy atom. The summed E-state index contributed by atoms with van der Waals surface area (Å²) in [6.07, 6.45) is 0.628. The molecular weight excluding hydrogens is 356 g/mol. The molecule has 0 saturated carbocycles. The summed E-state index contributed by atoms with van der Waals surface area (Å²) >= 11 is 10.7. The molecule has 120 valence electrons. The maximum absolute atomic E-state index is 12.6. The van der Waals surface area contributed by atoms with Crippen LogP contribution in [0.3, 0.4) is 0 Å². The zero-order valence-electron chi connectivity index (χ0n) is 12.1. The predicted octanol–water partition coefficient (Wildman–Crippen LogP) is 3.87. The zero-order chi connectivity index (χ0) is 16.9. The van der Waals surface area contributed by atoms with E-state index in [1.54, 1.807) is 54.6 Å². The van der Waals surface area contributed by atoms with Gasteiger partial charge in [0.15, 0.2) is 0 Å². The summed E-state index contributed by atoms with van der Waals surface area (Å²) < 4.78 is 21.5. The first kappa shape index (κ1) is 17.4. The minimum atomic E-state index is -2.79. The molecule has 0 unspecified atom stereocenters. The Bertz CT molecular complexity index is 830. The third-order valence-electron chi connectivity index (χ3n) is 2.67. The number of carbonyl (C=O) groups is 1. The predicted molar refractivity (Wildman–Crippen MR) is 94.4 cm³/mol. The fraction of sp³-hybridized carbons (Fsp3) is 0.0667. The molecule has 0 saturated heterocycles. The highest BCUT2D eigenvalue weighted by Gasteiger charge is 2.11. The topological polar surface area (TPSA) is 67.8 Å². The number of benzene rings is 2. The van der Waals surface area contributed by atoms with Crippen molar-refractivity contribution in [1.29, 1.82) is 0 Å². The number of ether oxygens (including phenoxy) is 1. The molecule has 0 radical (unpaired) electrons. The van der Waals surface area contributed by atoms with Crippen molar-refractivity contribution in [3.05, 3.63) is 59.6 Å². The van der Waals surface area contributed by atoms with Crippen LogP contribution < -0.4 is 10.1 Å². The van der Waals surface area contributed by atoms with Crippen molar-refractivity contribution in [2.75, 3.05) is 6.26 Å². The van der Waals surface area contributed by atoms with Gasteiger partial charge in [0.2, 0.25) is 5.11 Å². The lowest BCUT2D eigenvalue weighted by molar-refractivity contribution is 0.206. The van der Waals surface area contributed by atoms with Crippen LogP contribution in [0.25, 0.3) is 0 Å². The van der Waals surface area contributed by atoms with E-state index in [1.165, 1.54) is 6.26 Å². The average molecular weight is 369 g/mol. The molecule has 0 fully saturated rings. The number of hydrogen-bond donors (Lipinski definition) is 1. The second-order valence-corrected chi connectivity index (χ2v) is 7.56. The highest BCUT2D eigenvalue weighted by atomic mass is 35.5.